The van der Waals surface area contributed by atoms with Gasteiger partial charge in [-0.05, 0) is 43.7 Å². The second kappa shape index (κ2) is 6.67. The quantitative estimate of drug-likeness (QED) is 0.864. The van der Waals surface area contributed by atoms with Crippen molar-refractivity contribution in [3.63, 3.8) is 0 Å². The maximum atomic E-state index is 12.5. The van der Waals surface area contributed by atoms with E-state index in [2.05, 4.69) is 11.1 Å². The third-order valence-corrected chi connectivity index (χ3v) is 3.23. The molecule has 4 nitrogen and oxygen atoms in total. The number of benzene rings is 1. The topological polar surface area (TPSA) is 57.0 Å². The standard InChI is InChI=1S/C17H17N3O/c1-13(2)20(17(21)16-4-3-9-19-11-16)12-15-7-5-14(10-18)6-8-15/h3-9,11,13H,12H2,1-2H3. The highest BCUT2D eigenvalue weighted by Crippen LogP contribution is 2.13. The Morgan fingerprint density at radius 3 is 2.52 bits per heavy atom. The molecule has 1 heterocycles. The minimum atomic E-state index is -0.0394. The van der Waals surface area contributed by atoms with Gasteiger partial charge in [0.1, 0.15) is 0 Å². The first-order valence-corrected chi connectivity index (χ1v) is 6.82. The van der Waals surface area contributed by atoms with Crippen LogP contribution in [0.2, 0.25) is 0 Å². The highest BCUT2D eigenvalue weighted by Gasteiger charge is 2.19. The molecule has 0 aliphatic carbocycles. The van der Waals surface area contributed by atoms with Crippen LogP contribution in [0.5, 0.6) is 0 Å². The maximum absolute atomic E-state index is 12.5. The second-order valence-electron chi connectivity index (χ2n) is 5.08. The highest BCUT2D eigenvalue weighted by atomic mass is 16.2. The minimum Gasteiger partial charge on any atom is -0.332 e. The largest absolute Gasteiger partial charge is 0.332 e. The number of hydrogen-bond acceptors (Lipinski definition) is 3. The van der Waals surface area contributed by atoms with E-state index in [1.54, 1.807) is 41.6 Å². The average molecular weight is 279 g/mol. The summed E-state index contributed by atoms with van der Waals surface area (Å²) in [4.78, 5) is 18.3. The van der Waals surface area contributed by atoms with Crippen LogP contribution in [-0.2, 0) is 6.54 Å². The van der Waals surface area contributed by atoms with E-state index in [-0.39, 0.29) is 11.9 Å². The third kappa shape index (κ3) is 3.67. The van der Waals surface area contributed by atoms with Crippen LogP contribution in [0.3, 0.4) is 0 Å². The van der Waals surface area contributed by atoms with Crippen molar-refractivity contribution in [2.45, 2.75) is 26.4 Å². The Balaban J connectivity index is 2.19. The van der Waals surface area contributed by atoms with Gasteiger partial charge < -0.3 is 4.90 Å². The van der Waals surface area contributed by atoms with E-state index in [1.807, 2.05) is 26.0 Å². The molecule has 0 atom stereocenters. The monoisotopic (exact) mass is 279 g/mol. The summed E-state index contributed by atoms with van der Waals surface area (Å²) < 4.78 is 0. The Morgan fingerprint density at radius 2 is 2.00 bits per heavy atom. The van der Waals surface area contributed by atoms with Crippen molar-refractivity contribution in [1.82, 2.24) is 9.88 Å². The fourth-order valence-corrected chi connectivity index (χ4v) is 2.03. The van der Waals surface area contributed by atoms with Crippen LogP contribution in [0.25, 0.3) is 0 Å². The first-order valence-electron chi connectivity index (χ1n) is 6.82. The van der Waals surface area contributed by atoms with Gasteiger partial charge in [0, 0.05) is 25.0 Å². The Kier molecular flexibility index (Phi) is 4.68. The molecule has 1 aromatic carbocycles. The molecule has 4 heteroatoms. The molecule has 0 unspecified atom stereocenters. The summed E-state index contributed by atoms with van der Waals surface area (Å²) in [6.07, 6.45) is 3.23. The lowest BCUT2D eigenvalue weighted by Crippen LogP contribution is -2.36. The third-order valence-electron chi connectivity index (χ3n) is 3.23. The lowest BCUT2D eigenvalue weighted by molar-refractivity contribution is 0.0690. The van der Waals surface area contributed by atoms with E-state index in [1.165, 1.54) is 0 Å². The van der Waals surface area contributed by atoms with E-state index < -0.39 is 0 Å². The zero-order chi connectivity index (χ0) is 15.2. The summed E-state index contributed by atoms with van der Waals surface area (Å²) in [5, 5.41) is 8.81. The Bertz CT molecular complexity index is 642. The van der Waals surface area contributed by atoms with Crippen molar-refractivity contribution in [3.05, 3.63) is 65.5 Å². The van der Waals surface area contributed by atoms with Crippen molar-refractivity contribution >= 4 is 5.91 Å². The molecule has 21 heavy (non-hydrogen) atoms. The van der Waals surface area contributed by atoms with Crippen LogP contribution in [0, 0.1) is 11.3 Å². The molecule has 0 fully saturated rings. The summed E-state index contributed by atoms with van der Waals surface area (Å²) in [6, 6.07) is 13.0. The highest BCUT2D eigenvalue weighted by molar-refractivity contribution is 5.94. The van der Waals surface area contributed by atoms with Gasteiger partial charge in [-0.1, -0.05) is 12.1 Å². The molecule has 1 amide bonds. The van der Waals surface area contributed by atoms with Crippen molar-refractivity contribution in [3.8, 4) is 6.07 Å². The van der Waals surface area contributed by atoms with Gasteiger partial charge in [0.05, 0.1) is 17.2 Å². The average Bonchev–Trinajstić information content (AvgIpc) is 2.53. The van der Waals surface area contributed by atoms with Gasteiger partial charge in [-0.2, -0.15) is 5.26 Å². The van der Waals surface area contributed by atoms with Gasteiger partial charge in [-0.15, -0.1) is 0 Å². The van der Waals surface area contributed by atoms with Gasteiger partial charge in [0.2, 0.25) is 0 Å². The number of carbonyl (C=O) groups excluding carboxylic acids is 1. The number of aromatic nitrogens is 1. The molecule has 0 radical (unpaired) electrons. The number of nitrogens with zero attached hydrogens (tertiary/aromatic N) is 3. The van der Waals surface area contributed by atoms with Crippen molar-refractivity contribution in [1.29, 1.82) is 5.26 Å². The fraction of sp³-hybridized carbons (Fsp3) is 0.235. The number of pyridine rings is 1. The van der Waals surface area contributed by atoms with E-state index in [0.29, 0.717) is 17.7 Å². The molecule has 0 aliphatic rings. The summed E-state index contributed by atoms with van der Waals surface area (Å²) in [7, 11) is 0. The molecule has 1 aromatic heterocycles. The number of nitriles is 1. The minimum absolute atomic E-state index is 0.0394. The van der Waals surface area contributed by atoms with Crippen LogP contribution < -0.4 is 0 Å². The molecular formula is C17H17N3O. The van der Waals surface area contributed by atoms with Gasteiger partial charge in [-0.3, -0.25) is 9.78 Å². The Hall–Kier alpha value is -2.67. The van der Waals surface area contributed by atoms with Crippen molar-refractivity contribution < 1.29 is 4.79 Å². The molecule has 0 saturated carbocycles. The van der Waals surface area contributed by atoms with E-state index in [0.717, 1.165) is 5.56 Å². The Labute approximate surface area is 124 Å². The molecule has 106 valence electrons. The van der Waals surface area contributed by atoms with Crippen LogP contribution in [0.1, 0.15) is 35.3 Å². The zero-order valence-corrected chi connectivity index (χ0v) is 12.2. The molecule has 0 spiro atoms. The number of carbonyl (C=O) groups is 1. The molecule has 0 bridgehead atoms. The summed E-state index contributed by atoms with van der Waals surface area (Å²) in [6.45, 7) is 4.48. The summed E-state index contributed by atoms with van der Waals surface area (Å²) >= 11 is 0. The normalized spacial score (nSPS) is 10.2. The molecule has 0 aliphatic heterocycles. The van der Waals surface area contributed by atoms with Gasteiger partial charge >= 0.3 is 0 Å². The lowest BCUT2D eigenvalue weighted by atomic mass is 10.1. The number of hydrogen-bond donors (Lipinski definition) is 0. The fourth-order valence-electron chi connectivity index (χ4n) is 2.03. The van der Waals surface area contributed by atoms with E-state index >= 15 is 0 Å². The number of amides is 1. The van der Waals surface area contributed by atoms with Gasteiger partial charge in [0.25, 0.3) is 5.91 Å². The maximum Gasteiger partial charge on any atom is 0.255 e. The van der Waals surface area contributed by atoms with Gasteiger partial charge in [0.15, 0.2) is 0 Å². The molecule has 0 N–H and O–H groups in total. The summed E-state index contributed by atoms with van der Waals surface area (Å²) in [5.41, 5.74) is 2.20. The van der Waals surface area contributed by atoms with Crippen molar-refractivity contribution in [2.75, 3.05) is 0 Å². The zero-order valence-electron chi connectivity index (χ0n) is 12.2. The first kappa shape index (κ1) is 14.7. The van der Waals surface area contributed by atoms with E-state index in [9.17, 15) is 4.79 Å². The number of rotatable bonds is 4. The molecule has 0 saturated heterocycles. The van der Waals surface area contributed by atoms with Crippen LogP contribution >= 0.6 is 0 Å². The first-order chi connectivity index (χ1) is 10.1. The van der Waals surface area contributed by atoms with Gasteiger partial charge in [-0.25, -0.2) is 0 Å². The molecule has 2 aromatic rings. The van der Waals surface area contributed by atoms with Crippen LogP contribution in [-0.4, -0.2) is 21.8 Å². The molecular weight excluding hydrogens is 262 g/mol. The summed E-state index contributed by atoms with van der Waals surface area (Å²) in [5.74, 6) is -0.0394. The lowest BCUT2D eigenvalue weighted by Gasteiger charge is -2.27. The van der Waals surface area contributed by atoms with E-state index in [4.69, 9.17) is 5.26 Å². The second-order valence-corrected chi connectivity index (χ2v) is 5.08. The predicted octanol–water partition coefficient (Wildman–Crippen LogP) is 3.00. The predicted molar refractivity (Wildman–Crippen MR) is 80.4 cm³/mol. The van der Waals surface area contributed by atoms with Crippen LogP contribution in [0.4, 0.5) is 0 Å². The van der Waals surface area contributed by atoms with Crippen molar-refractivity contribution in [2.24, 2.45) is 0 Å². The smallest absolute Gasteiger partial charge is 0.255 e. The molecule has 2 rings (SSSR count). The Morgan fingerprint density at radius 1 is 1.29 bits per heavy atom. The van der Waals surface area contributed by atoms with Crippen LogP contribution in [0.15, 0.2) is 48.8 Å². The SMILES string of the molecule is CC(C)N(Cc1ccc(C#N)cc1)C(=O)c1cccnc1.